The minimum absolute atomic E-state index is 0.0432. The van der Waals surface area contributed by atoms with E-state index >= 15 is 0 Å². The second kappa shape index (κ2) is 2.86. The molecule has 1 aromatic heterocycles. The van der Waals surface area contributed by atoms with Crippen LogP contribution in [0, 0.1) is 0 Å². The molecular formula is C13H16N2. The summed E-state index contributed by atoms with van der Waals surface area (Å²) in [6, 6.07) is 8.75. The molecule has 0 radical (unpaired) electrons. The minimum atomic E-state index is -0.0432. The monoisotopic (exact) mass is 200 g/mol. The van der Waals surface area contributed by atoms with Crippen molar-refractivity contribution in [1.82, 2.24) is 4.57 Å². The summed E-state index contributed by atoms with van der Waals surface area (Å²) in [5.41, 5.74) is 8.86. The first kappa shape index (κ1) is 8.98. The first-order valence-corrected chi connectivity index (χ1v) is 5.53. The molecule has 1 aromatic carbocycles. The first-order chi connectivity index (χ1) is 7.19. The van der Waals surface area contributed by atoms with Crippen LogP contribution in [-0.4, -0.2) is 4.57 Å². The lowest BCUT2D eigenvalue weighted by molar-refractivity contribution is 0.254. The van der Waals surface area contributed by atoms with Crippen molar-refractivity contribution in [2.75, 3.05) is 0 Å². The van der Waals surface area contributed by atoms with Crippen molar-refractivity contribution in [3.63, 3.8) is 0 Å². The van der Waals surface area contributed by atoms with Crippen LogP contribution in [-0.2, 0) is 12.6 Å². The molecule has 0 amide bonds. The standard InChI is InChI=1S/C13H16N2/c1-15-8-5-10-3-4-11(9-12(10)15)13(14)6-2-7-13/h3-5,8-9H,2,6-7,14H2,1H3. The zero-order valence-corrected chi connectivity index (χ0v) is 9.03. The van der Waals surface area contributed by atoms with Crippen LogP contribution in [0.1, 0.15) is 24.8 Å². The zero-order valence-electron chi connectivity index (χ0n) is 9.03. The maximum absolute atomic E-state index is 6.32. The third-order valence-corrected chi connectivity index (χ3v) is 3.71. The summed E-state index contributed by atoms with van der Waals surface area (Å²) in [5.74, 6) is 0. The number of nitrogens with zero attached hydrogens (tertiary/aromatic N) is 1. The Morgan fingerprint density at radius 1 is 1.27 bits per heavy atom. The van der Waals surface area contributed by atoms with Crippen LogP contribution in [0.2, 0.25) is 0 Å². The Hall–Kier alpha value is -1.28. The van der Waals surface area contributed by atoms with E-state index in [2.05, 4.69) is 42.1 Å². The summed E-state index contributed by atoms with van der Waals surface area (Å²) in [6.45, 7) is 0. The molecule has 1 heterocycles. The van der Waals surface area contributed by atoms with Gasteiger partial charge in [0.15, 0.2) is 0 Å². The quantitative estimate of drug-likeness (QED) is 0.753. The normalized spacial score (nSPS) is 19.1. The molecule has 0 atom stereocenters. The third-order valence-electron chi connectivity index (χ3n) is 3.71. The molecule has 0 unspecified atom stereocenters. The van der Waals surface area contributed by atoms with E-state index < -0.39 is 0 Å². The Labute approximate surface area is 89.7 Å². The topological polar surface area (TPSA) is 30.9 Å². The van der Waals surface area contributed by atoms with Gasteiger partial charge < -0.3 is 10.3 Å². The number of benzene rings is 1. The fourth-order valence-electron chi connectivity index (χ4n) is 2.42. The van der Waals surface area contributed by atoms with Crippen LogP contribution in [0.25, 0.3) is 10.9 Å². The van der Waals surface area contributed by atoms with Crippen molar-refractivity contribution in [2.24, 2.45) is 12.8 Å². The van der Waals surface area contributed by atoms with Crippen LogP contribution in [0.3, 0.4) is 0 Å². The number of fused-ring (bicyclic) bond motifs is 1. The molecule has 2 aromatic rings. The van der Waals surface area contributed by atoms with Gasteiger partial charge in [-0.25, -0.2) is 0 Å². The number of hydrogen-bond acceptors (Lipinski definition) is 1. The maximum atomic E-state index is 6.32. The highest BCUT2D eigenvalue weighted by atomic mass is 14.9. The van der Waals surface area contributed by atoms with Crippen molar-refractivity contribution >= 4 is 10.9 Å². The Kier molecular flexibility index (Phi) is 1.71. The van der Waals surface area contributed by atoms with Crippen LogP contribution < -0.4 is 5.73 Å². The van der Waals surface area contributed by atoms with E-state index in [4.69, 9.17) is 5.73 Å². The van der Waals surface area contributed by atoms with Gasteiger partial charge in [-0.05, 0) is 42.3 Å². The molecule has 15 heavy (non-hydrogen) atoms. The van der Waals surface area contributed by atoms with E-state index in [0.29, 0.717) is 0 Å². The van der Waals surface area contributed by atoms with Crippen LogP contribution in [0.15, 0.2) is 30.5 Å². The van der Waals surface area contributed by atoms with Crippen LogP contribution >= 0.6 is 0 Å². The van der Waals surface area contributed by atoms with Crippen molar-refractivity contribution in [2.45, 2.75) is 24.8 Å². The van der Waals surface area contributed by atoms with Gasteiger partial charge in [-0.2, -0.15) is 0 Å². The predicted octanol–water partition coefficient (Wildman–Crippen LogP) is 2.52. The van der Waals surface area contributed by atoms with E-state index in [1.54, 1.807) is 0 Å². The third kappa shape index (κ3) is 1.21. The van der Waals surface area contributed by atoms with E-state index in [-0.39, 0.29) is 5.54 Å². The molecule has 3 rings (SSSR count). The molecular weight excluding hydrogens is 184 g/mol. The lowest BCUT2D eigenvalue weighted by Crippen LogP contribution is -2.43. The molecule has 2 nitrogen and oxygen atoms in total. The van der Waals surface area contributed by atoms with Gasteiger partial charge in [0.1, 0.15) is 0 Å². The van der Waals surface area contributed by atoms with Gasteiger partial charge in [0.2, 0.25) is 0 Å². The Morgan fingerprint density at radius 3 is 2.73 bits per heavy atom. The summed E-state index contributed by atoms with van der Waals surface area (Å²) in [5, 5.41) is 1.30. The second-order valence-electron chi connectivity index (χ2n) is 4.71. The molecule has 1 aliphatic rings. The summed E-state index contributed by atoms with van der Waals surface area (Å²) >= 11 is 0. The molecule has 0 bridgehead atoms. The predicted molar refractivity (Wildman–Crippen MR) is 62.6 cm³/mol. The average Bonchev–Trinajstić information content (AvgIpc) is 2.57. The van der Waals surface area contributed by atoms with Gasteiger partial charge in [0.25, 0.3) is 0 Å². The highest BCUT2D eigenvalue weighted by Gasteiger charge is 2.34. The van der Waals surface area contributed by atoms with E-state index in [1.165, 1.54) is 22.9 Å². The van der Waals surface area contributed by atoms with Crippen molar-refractivity contribution in [1.29, 1.82) is 0 Å². The Bertz CT molecular complexity index is 506. The van der Waals surface area contributed by atoms with Crippen molar-refractivity contribution in [3.8, 4) is 0 Å². The first-order valence-electron chi connectivity index (χ1n) is 5.53. The SMILES string of the molecule is Cn1ccc2ccc(C3(N)CCC3)cc21. The molecule has 0 aliphatic heterocycles. The molecule has 1 aliphatic carbocycles. The molecule has 2 N–H and O–H groups in total. The Morgan fingerprint density at radius 2 is 2.07 bits per heavy atom. The number of aryl methyl sites for hydroxylation is 1. The summed E-state index contributed by atoms with van der Waals surface area (Å²) < 4.78 is 2.15. The second-order valence-corrected chi connectivity index (χ2v) is 4.71. The molecule has 2 heteroatoms. The fourth-order valence-corrected chi connectivity index (χ4v) is 2.42. The van der Waals surface area contributed by atoms with Gasteiger partial charge in [-0.3, -0.25) is 0 Å². The van der Waals surface area contributed by atoms with E-state index in [1.807, 2.05) is 0 Å². The highest BCUT2D eigenvalue weighted by molar-refractivity contribution is 5.81. The van der Waals surface area contributed by atoms with Crippen LogP contribution in [0.5, 0.6) is 0 Å². The molecule has 78 valence electrons. The fraction of sp³-hybridized carbons (Fsp3) is 0.385. The minimum Gasteiger partial charge on any atom is -0.351 e. The largest absolute Gasteiger partial charge is 0.351 e. The smallest absolute Gasteiger partial charge is 0.0481 e. The number of rotatable bonds is 1. The average molecular weight is 200 g/mol. The van der Waals surface area contributed by atoms with Gasteiger partial charge in [-0.15, -0.1) is 0 Å². The number of nitrogens with two attached hydrogens (primary N) is 1. The molecule has 1 saturated carbocycles. The summed E-state index contributed by atoms with van der Waals surface area (Å²) in [4.78, 5) is 0. The van der Waals surface area contributed by atoms with Crippen molar-refractivity contribution in [3.05, 3.63) is 36.0 Å². The van der Waals surface area contributed by atoms with E-state index in [0.717, 1.165) is 12.8 Å². The Balaban J connectivity index is 2.16. The van der Waals surface area contributed by atoms with Gasteiger partial charge >= 0.3 is 0 Å². The molecule has 0 saturated heterocycles. The lowest BCUT2D eigenvalue weighted by Gasteiger charge is -2.38. The van der Waals surface area contributed by atoms with Gasteiger partial charge in [0.05, 0.1) is 0 Å². The van der Waals surface area contributed by atoms with Gasteiger partial charge in [-0.1, -0.05) is 12.1 Å². The van der Waals surface area contributed by atoms with Crippen molar-refractivity contribution < 1.29 is 0 Å². The molecule has 1 fully saturated rings. The maximum Gasteiger partial charge on any atom is 0.0481 e. The summed E-state index contributed by atoms with van der Waals surface area (Å²) in [7, 11) is 2.08. The molecule has 0 spiro atoms. The van der Waals surface area contributed by atoms with Crippen LogP contribution in [0.4, 0.5) is 0 Å². The zero-order chi connectivity index (χ0) is 10.5. The highest BCUT2D eigenvalue weighted by Crippen LogP contribution is 2.39. The summed E-state index contributed by atoms with van der Waals surface area (Å²) in [6.07, 6.45) is 5.62. The lowest BCUT2D eigenvalue weighted by atomic mass is 9.73. The van der Waals surface area contributed by atoms with Gasteiger partial charge in [0, 0.05) is 24.3 Å². The number of aromatic nitrogens is 1. The number of hydrogen-bond donors (Lipinski definition) is 1. The van der Waals surface area contributed by atoms with E-state index in [9.17, 15) is 0 Å².